The zero-order chi connectivity index (χ0) is 13.9. The van der Waals surface area contributed by atoms with Gasteiger partial charge in [-0.1, -0.05) is 20.8 Å². The SMILES string of the molecule is CC(C)(C)[C@H](NC=O)C(=O)N1CCCC1C(N)=O. The van der Waals surface area contributed by atoms with Gasteiger partial charge in [0.25, 0.3) is 0 Å². The van der Waals surface area contributed by atoms with Crippen LogP contribution < -0.4 is 11.1 Å². The summed E-state index contributed by atoms with van der Waals surface area (Å²) in [6, 6.07) is -1.19. The van der Waals surface area contributed by atoms with E-state index in [1.54, 1.807) is 0 Å². The Morgan fingerprint density at radius 1 is 1.44 bits per heavy atom. The van der Waals surface area contributed by atoms with Gasteiger partial charge < -0.3 is 16.0 Å². The molecule has 0 saturated carbocycles. The maximum absolute atomic E-state index is 12.4. The summed E-state index contributed by atoms with van der Waals surface area (Å²) in [6.07, 6.45) is 1.87. The Morgan fingerprint density at radius 3 is 2.50 bits per heavy atom. The number of amides is 3. The molecule has 0 spiro atoms. The first-order chi connectivity index (χ1) is 8.29. The number of carbonyl (C=O) groups is 3. The second-order valence-electron chi connectivity index (χ2n) is 5.68. The normalized spacial score (nSPS) is 21.5. The Labute approximate surface area is 107 Å². The molecular weight excluding hydrogens is 234 g/mol. The molecule has 6 heteroatoms. The lowest BCUT2D eigenvalue weighted by molar-refractivity contribution is -0.142. The minimum atomic E-state index is -0.644. The van der Waals surface area contributed by atoms with Gasteiger partial charge in [-0.15, -0.1) is 0 Å². The summed E-state index contributed by atoms with van der Waals surface area (Å²) in [5.74, 6) is -0.726. The van der Waals surface area contributed by atoms with E-state index in [2.05, 4.69) is 5.32 Å². The molecule has 0 aromatic carbocycles. The number of hydrogen-bond acceptors (Lipinski definition) is 3. The van der Waals surface area contributed by atoms with E-state index in [-0.39, 0.29) is 5.91 Å². The van der Waals surface area contributed by atoms with Gasteiger partial charge in [0.05, 0.1) is 0 Å². The molecular formula is C12H21N3O3. The van der Waals surface area contributed by atoms with Crippen molar-refractivity contribution in [2.75, 3.05) is 6.54 Å². The number of carbonyl (C=O) groups excluding carboxylic acids is 3. The van der Waals surface area contributed by atoms with Crippen molar-refractivity contribution in [3.63, 3.8) is 0 Å². The first kappa shape index (κ1) is 14.5. The third kappa shape index (κ3) is 3.00. The zero-order valence-corrected chi connectivity index (χ0v) is 11.1. The van der Waals surface area contributed by atoms with Gasteiger partial charge in [0.1, 0.15) is 12.1 Å². The Bertz CT molecular complexity index is 349. The van der Waals surface area contributed by atoms with Gasteiger partial charge in [0.15, 0.2) is 0 Å². The van der Waals surface area contributed by atoms with Crippen LogP contribution in [0.1, 0.15) is 33.6 Å². The zero-order valence-electron chi connectivity index (χ0n) is 11.1. The highest BCUT2D eigenvalue weighted by atomic mass is 16.2. The van der Waals surface area contributed by atoms with E-state index in [4.69, 9.17) is 5.73 Å². The monoisotopic (exact) mass is 255 g/mol. The van der Waals surface area contributed by atoms with Crippen LogP contribution in [0.15, 0.2) is 0 Å². The Balaban J connectivity index is 2.89. The van der Waals surface area contributed by atoms with Gasteiger partial charge >= 0.3 is 0 Å². The molecule has 1 heterocycles. The highest BCUT2D eigenvalue weighted by molar-refractivity contribution is 5.90. The van der Waals surface area contributed by atoms with Crippen LogP contribution in [0.5, 0.6) is 0 Å². The number of likely N-dealkylation sites (tertiary alicyclic amines) is 1. The maximum Gasteiger partial charge on any atom is 0.246 e. The van der Waals surface area contributed by atoms with Gasteiger partial charge in [-0.05, 0) is 18.3 Å². The first-order valence-corrected chi connectivity index (χ1v) is 6.08. The second kappa shape index (κ2) is 5.37. The molecule has 102 valence electrons. The molecule has 0 bridgehead atoms. The van der Waals surface area contributed by atoms with Crippen LogP contribution in [0.25, 0.3) is 0 Å². The van der Waals surface area contributed by atoms with Crippen LogP contribution in [0.2, 0.25) is 0 Å². The van der Waals surface area contributed by atoms with Crippen molar-refractivity contribution in [2.45, 2.75) is 45.7 Å². The van der Waals surface area contributed by atoms with E-state index < -0.39 is 23.4 Å². The molecule has 3 N–H and O–H groups in total. The van der Waals surface area contributed by atoms with E-state index in [0.29, 0.717) is 19.4 Å². The average Bonchev–Trinajstić information content (AvgIpc) is 2.72. The highest BCUT2D eigenvalue weighted by Crippen LogP contribution is 2.25. The van der Waals surface area contributed by atoms with Crippen LogP contribution >= 0.6 is 0 Å². The summed E-state index contributed by atoms with van der Waals surface area (Å²) in [7, 11) is 0. The van der Waals surface area contributed by atoms with Gasteiger partial charge in [-0.3, -0.25) is 14.4 Å². The standard InChI is InChI=1S/C12H21N3O3/c1-12(2,3)9(14-7-16)11(18)15-6-4-5-8(15)10(13)17/h7-9H,4-6H2,1-3H3,(H2,13,17)(H,14,16)/t8?,9-/m1/s1. The first-order valence-electron chi connectivity index (χ1n) is 6.08. The summed E-state index contributed by atoms with van der Waals surface area (Å²) >= 11 is 0. The van der Waals surface area contributed by atoms with Gasteiger partial charge in [0.2, 0.25) is 18.2 Å². The Kier molecular flexibility index (Phi) is 4.32. The lowest BCUT2D eigenvalue weighted by Gasteiger charge is -2.34. The smallest absolute Gasteiger partial charge is 0.246 e. The van der Waals surface area contributed by atoms with Crippen LogP contribution in [0, 0.1) is 5.41 Å². The molecule has 3 amide bonds. The van der Waals surface area contributed by atoms with Crippen molar-refractivity contribution in [3.05, 3.63) is 0 Å². The molecule has 2 atom stereocenters. The molecule has 6 nitrogen and oxygen atoms in total. The summed E-state index contributed by atoms with van der Waals surface area (Å²) < 4.78 is 0. The Hall–Kier alpha value is -1.59. The molecule has 1 aliphatic rings. The minimum absolute atomic E-state index is 0.240. The fraction of sp³-hybridized carbons (Fsp3) is 0.750. The summed E-state index contributed by atoms with van der Waals surface area (Å²) in [5.41, 5.74) is 4.87. The number of nitrogens with one attached hydrogen (secondary N) is 1. The number of hydrogen-bond donors (Lipinski definition) is 2. The lowest BCUT2D eigenvalue weighted by Crippen LogP contribution is -2.55. The van der Waals surface area contributed by atoms with Crippen LogP contribution in [0.3, 0.4) is 0 Å². The topological polar surface area (TPSA) is 92.5 Å². The van der Waals surface area contributed by atoms with Crippen molar-refractivity contribution in [2.24, 2.45) is 11.1 Å². The quantitative estimate of drug-likeness (QED) is 0.671. The van der Waals surface area contributed by atoms with Gasteiger partial charge in [-0.2, -0.15) is 0 Å². The predicted molar refractivity (Wildman–Crippen MR) is 66.4 cm³/mol. The van der Waals surface area contributed by atoms with E-state index >= 15 is 0 Å². The number of nitrogens with two attached hydrogens (primary N) is 1. The largest absolute Gasteiger partial charge is 0.368 e. The molecule has 1 fully saturated rings. The molecule has 0 aromatic rings. The van der Waals surface area contributed by atoms with Crippen molar-refractivity contribution >= 4 is 18.2 Å². The maximum atomic E-state index is 12.4. The van der Waals surface area contributed by atoms with Crippen molar-refractivity contribution < 1.29 is 14.4 Å². The minimum Gasteiger partial charge on any atom is -0.368 e. The highest BCUT2D eigenvalue weighted by Gasteiger charge is 2.40. The number of rotatable bonds is 4. The van der Waals surface area contributed by atoms with Gasteiger partial charge in [0, 0.05) is 6.54 Å². The van der Waals surface area contributed by atoms with Crippen LogP contribution in [-0.2, 0) is 14.4 Å². The number of primary amides is 1. The summed E-state index contributed by atoms with van der Waals surface area (Å²) in [6.45, 7) is 6.10. The predicted octanol–water partition coefficient (Wildman–Crippen LogP) is -0.377. The van der Waals surface area contributed by atoms with Crippen molar-refractivity contribution in [1.82, 2.24) is 10.2 Å². The van der Waals surface area contributed by atoms with Crippen LogP contribution in [-0.4, -0.2) is 41.8 Å². The fourth-order valence-electron chi connectivity index (χ4n) is 2.25. The molecule has 0 radical (unpaired) electrons. The second-order valence-corrected chi connectivity index (χ2v) is 5.68. The third-order valence-corrected chi connectivity index (χ3v) is 3.21. The number of nitrogens with zero attached hydrogens (tertiary/aromatic N) is 1. The molecule has 0 aliphatic carbocycles. The molecule has 0 aromatic heterocycles. The molecule has 1 rings (SSSR count). The van der Waals surface area contributed by atoms with Crippen molar-refractivity contribution in [3.8, 4) is 0 Å². The van der Waals surface area contributed by atoms with Crippen LogP contribution in [0.4, 0.5) is 0 Å². The average molecular weight is 255 g/mol. The third-order valence-electron chi connectivity index (χ3n) is 3.21. The fourth-order valence-corrected chi connectivity index (χ4v) is 2.25. The molecule has 1 saturated heterocycles. The van der Waals surface area contributed by atoms with Crippen molar-refractivity contribution in [1.29, 1.82) is 0 Å². The summed E-state index contributed by atoms with van der Waals surface area (Å²) in [4.78, 5) is 35.8. The van der Waals surface area contributed by atoms with E-state index in [1.165, 1.54) is 4.90 Å². The molecule has 18 heavy (non-hydrogen) atoms. The molecule has 1 aliphatic heterocycles. The van der Waals surface area contributed by atoms with E-state index in [1.807, 2.05) is 20.8 Å². The lowest BCUT2D eigenvalue weighted by atomic mass is 9.85. The van der Waals surface area contributed by atoms with Gasteiger partial charge in [-0.25, -0.2) is 0 Å². The van der Waals surface area contributed by atoms with E-state index in [9.17, 15) is 14.4 Å². The van der Waals surface area contributed by atoms with E-state index in [0.717, 1.165) is 6.42 Å². The molecule has 1 unspecified atom stereocenters. The Morgan fingerprint density at radius 2 is 2.06 bits per heavy atom. The summed E-state index contributed by atoms with van der Waals surface area (Å²) in [5, 5.41) is 2.53.